The second-order valence-corrected chi connectivity index (χ2v) is 7.91. The minimum Gasteiger partial charge on any atom is -0.357 e. The van der Waals surface area contributed by atoms with Crippen molar-refractivity contribution in [3.63, 3.8) is 0 Å². The van der Waals surface area contributed by atoms with Crippen LogP contribution in [0.3, 0.4) is 0 Å². The monoisotopic (exact) mass is 452 g/mol. The van der Waals surface area contributed by atoms with E-state index in [0.717, 1.165) is 20.1 Å². The molecule has 2 heterocycles. The average Bonchev–Trinajstić information content (AvgIpc) is 2.62. The van der Waals surface area contributed by atoms with Crippen LogP contribution in [-0.2, 0) is 9.47 Å². The molecule has 2 aliphatic rings. The van der Waals surface area contributed by atoms with Crippen molar-refractivity contribution < 1.29 is 9.47 Å². The number of benzene rings is 2. The van der Waals surface area contributed by atoms with E-state index in [1.54, 1.807) is 0 Å². The highest BCUT2D eigenvalue weighted by Gasteiger charge is 2.37. The first-order chi connectivity index (χ1) is 11.7. The maximum absolute atomic E-state index is 6.02. The lowest BCUT2D eigenvalue weighted by atomic mass is 10.0. The molecule has 0 spiro atoms. The van der Waals surface area contributed by atoms with Crippen LogP contribution in [0.15, 0.2) is 57.5 Å². The molecule has 2 N–H and O–H groups in total. The van der Waals surface area contributed by atoms with E-state index >= 15 is 0 Å². The van der Waals surface area contributed by atoms with E-state index in [1.165, 1.54) is 0 Å². The highest BCUT2D eigenvalue weighted by molar-refractivity contribution is 9.10. The number of halogens is 2. The summed E-state index contributed by atoms with van der Waals surface area (Å²) in [7, 11) is 0. The average molecular weight is 454 g/mol. The van der Waals surface area contributed by atoms with Crippen molar-refractivity contribution >= 4 is 31.9 Å². The van der Waals surface area contributed by atoms with E-state index in [9.17, 15) is 0 Å². The predicted octanol–water partition coefficient (Wildman–Crippen LogP) is 3.89. The van der Waals surface area contributed by atoms with E-state index < -0.39 is 0 Å². The molecule has 0 amide bonds. The van der Waals surface area contributed by atoms with Gasteiger partial charge in [-0.2, -0.15) is 0 Å². The Morgan fingerprint density at radius 2 is 1.04 bits per heavy atom. The first-order valence-corrected chi connectivity index (χ1v) is 9.54. The van der Waals surface area contributed by atoms with Crippen LogP contribution in [-0.4, -0.2) is 25.3 Å². The van der Waals surface area contributed by atoms with Crippen LogP contribution in [0.5, 0.6) is 0 Å². The minimum atomic E-state index is -0.0889. The second-order valence-electron chi connectivity index (χ2n) is 6.08. The summed E-state index contributed by atoms with van der Waals surface area (Å²) >= 11 is 6.93. The van der Waals surface area contributed by atoms with Crippen molar-refractivity contribution in [3.05, 3.63) is 68.6 Å². The molecule has 6 heteroatoms. The first-order valence-electron chi connectivity index (χ1n) is 7.95. The number of hydrogen-bond acceptors (Lipinski definition) is 4. The molecule has 2 aromatic rings. The van der Waals surface area contributed by atoms with Crippen LogP contribution < -0.4 is 10.6 Å². The van der Waals surface area contributed by atoms with Gasteiger partial charge in [-0.25, -0.2) is 0 Å². The molecular formula is C18H18Br2N2O2. The van der Waals surface area contributed by atoms with Gasteiger partial charge in [0.2, 0.25) is 0 Å². The summed E-state index contributed by atoms with van der Waals surface area (Å²) in [6.45, 7) is 1.32. The Morgan fingerprint density at radius 3 is 1.42 bits per heavy atom. The summed E-state index contributed by atoms with van der Waals surface area (Å²) in [5.74, 6) is 0. The van der Waals surface area contributed by atoms with Gasteiger partial charge >= 0.3 is 0 Å². The van der Waals surface area contributed by atoms with Gasteiger partial charge in [0, 0.05) is 8.95 Å². The Labute approximate surface area is 158 Å². The Hall–Kier alpha value is -0.760. The molecule has 0 unspecified atom stereocenters. The van der Waals surface area contributed by atoms with Gasteiger partial charge in [-0.05, 0) is 35.4 Å². The van der Waals surface area contributed by atoms with Crippen molar-refractivity contribution in [2.24, 2.45) is 0 Å². The van der Waals surface area contributed by atoms with Crippen LogP contribution in [0.1, 0.15) is 23.6 Å². The molecule has 24 heavy (non-hydrogen) atoms. The van der Waals surface area contributed by atoms with Crippen molar-refractivity contribution in [3.8, 4) is 0 Å². The van der Waals surface area contributed by atoms with Gasteiger partial charge in [-0.15, -0.1) is 0 Å². The van der Waals surface area contributed by atoms with Gasteiger partial charge < -0.3 is 9.47 Å². The molecule has 2 fully saturated rings. The van der Waals surface area contributed by atoms with E-state index in [2.05, 4.69) is 66.8 Å². The maximum atomic E-state index is 6.02. The summed E-state index contributed by atoms with van der Waals surface area (Å²) < 4.78 is 14.2. The van der Waals surface area contributed by atoms with Crippen molar-refractivity contribution in [1.82, 2.24) is 10.6 Å². The van der Waals surface area contributed by atoms with Crippen molar-refractivity contribution in [2.75, 3.05) is 13.2 Å². The van der Waals surface area contributed by atoms with Gasteiger partial charge in [-0.3, -0.25) is 10.6 Å². The summed E-state index contributed by atoms with van der Waals surface area (Å²) in [6.07, 6.45) is -0.178. The number of hydrogen-bond donors (Lipinski definition) is 2. The fraction of sp³-hybridized carbons (Fsp3) is 0.333. The smallest absolute Gasteiger partial charge is 0.134 e. The van der Waals surface area contributed by atoms with E-state index in [0.29, 0.717) is 13.2 Å². The first kappa shape index (κ1) is 16.7. The standard InChI is InChI=1S/C18H18Br2N2O2/c19-13-5-1-11(2-6-13)17-21-15-10-24-18(22-16(15)9-23-17)12-3-7-14(20)8-4-12/h1-8,15-18,21-22H,9-10H2/t15-,16+,17-,18+. The molecule has 4 atom stereocenters. The van der Waals surface area contributed by atoms with E-state index in [4.69, 9.17) is 9.47 Å². The quantitative estimate of drug-likeness (QED) is 0.723. The van der Waals surface area contributed by atoms with Crippen molar-refractivity contribution in [2.45, 2.75) is 24.5 Å². The van der Waals surface area contributed by atoms with Crippen molar-refractivity contribution in [1.29, 1.82) is 0 Å². The third-order valence-corrected chi connectivity index (χ3v) is 5.50. The van der Waals surface area contributed by atoms with Crippen LogP contribution >= 0.6 is 31.9 Å². The van der Waals surface area contributed by atoms with Crippen LogP contribution in [0.2, 0.25) is 0 Å². The highest BCUT2D eigenvalue weighted by atomic mass is 79.9. The van der Waals surface area contributed by atoms with Gasteiger partial charge in [-0.1, -0.05) is 56.1 Å². The summed E-state index contributed by atoms with van der Waals surface area (Å²) in [5, 5.41) is 7.08. The molecule has 2 aliphatic heterocycles. The number of ether oxygens (including phenoxy) is 2. The van der Waals surface area contributed by atoms with Gasteiger partial charge in [0.15, 0.2) is 0 Å². The molecule has 4 rings (SSSR count). The van der Waals surface area contributed by atoms with E-state index in [1.807, 2.05) is 24.3 Å². The molecule has 0 saturated carbocycles. The Bertz CT molecular complexity index is 632. The predicted molar refractivity (Wildman–Crippen MR) is 99.5 cm³/mol. The molecular weight excluding hydrogens is 436 g/mol. The zero-order valence-corrected chi connectivity index (χ0v) is 16.1. The third kappa shape index (κ3) is 3.59. The maximum Gasteiger partial charge on any atom is 0.134 e. The molecule has 2 saturated heterocycles. The molecule has 0 aromatic heterocycles. The van der Waals surface area contributed by atoms with Gasteiger partial charge in [0.05, 0.1) is 25.3 Å². The van der Waals surface area contributed by atoms with Crippen LogP contribution in [0, 0.1) is 0 Å². The molecule has 126 valence electrons. The molecule has 0 radical (unpaired) electrons. The SMILES string of the molecule is Brc1ccc([C@@H]2N[C@@H]3CO[C@@H](c4ccc(Br)cc4)N[C@H]3CO2)cc1. The van der Waals surface area contributed by atoms with E-state index in [-0.39, 0.29) is 24.5 Å². The Kier molecular flexibility index (Phi) is 5.03. The fourth-order valence-corrected chi connectivity index (χ4v) is 3.63. The van der Waals surface area contributed by atoms with Crippen LogP contribution in [0.4, 0.5) is 0 Å². The summed E-state index contributed by atoms with van der Waals surface area (Å²) in [5.41, 5.74) is 2.26. The topological polar surface area (TPSA) is 42.5 Å². The zero-order valence-electron chi connectivity index (χ0n) is 12.9. The molecule has 4 nitrogen and oxygen atoms in total. The Balaban J connectivity index is 1.41. The largest absolute Gasteiger partial charge is 0.357 e. The lowest BCUT2D eigenvalue weighted by molar-refractivity contribution is -0.115. The van der Waals surface area contributed by atoms with Gasteiger partial charge in [0.1, 0.15) is 12.5 Å². The van der Waals surface area contributed by atoms with Crippen LogP contribution in [0.25, 0.3) is 0 Å². The lowest BCUT2D eigenvalue weighted by Crippen LogP contribution is -2.62. The zero-order chi connectivity index (χ0) is 16.5. The third-order valence-electron chi connectivity index (χ3n) is 4.45. The molecule has 0 bridgehead atoms. The highest BCUT2D eigenvalue weighted by Crippen LogP contribution is 2.28. The van der Waals surface area contributed by atoms with Gasteiger partial charge in [0.25, 0.3) is 0 Å². The Morgan fingerprint density at radius 1 is 0.667 bits per heavy atom. The minimum absolute atomic E-state index is 0.0889. The number of fused-ring (bicyclic) bond motifs is 1. The molecule has 2 aromatic carbocycles. The lowest BCUT2D eigenvalue weighted by Gasteiger charge is -2.43. The second kappa shape index (κ2) is 7.23. The molecule has 0 aliphatic carbocycles. The fourth-order valence-electron chi connectivity index (χ4n) is 3.11. The number of nitrogens with one attached hydrogen (secondary N) is 2. The summed E-state index contributed by atoms with van der Waals surface area (Å²) in [4.78, 5) is 0. The number of rotatable bonds is 2. The summed E-state index contributed by atoms with van der Waals surface area (Å²) in [6, 6.07) is 16.9. The normalized spacial score (nSPS) is 29.9.